The van der Waals surface area contributed by atoms with Gasteiger partial charge in [0, 0.05) is 32.4 Å². The summed E-state index contributed by atoms with van der Waals surface area (Å²) in [6.07, 6.45) is 5.98. The second-order valence-corrected chi connectivity index (χ2v) is 5.96. The second kappa shape index (κ2) is 8.00. The smallest absolute Gasteiger partial charge is 0.316 e. The number of rotatable bonds is 2. The first-order valence-electron chi connectivity index (χ1n) is 8.44. The molecule has 0 atom stereocenters. The fourth-order valence-corrected chi connectivity index (χ4v) is 3.05. The lowest BCUT2D eigenvalue weighted by Crippen LogP contribution is -2.39. The molecule has 0 amide bonds. The van der Waals surface area contributed by atoms with Crippen LogP contribution >= 0.6 is 0 Å². The average molecular weight is 343 g/mol. The molecule has 8 heteroatoms. The van der Waals surface area contributed by atoms with Gasteiger partial charge in [0.05, 0.1) is 10.3 Å². The van der Waals surface area contributed by atoms with E-state index in [2.05, 4.69) is 20.6 Å². The first-order valence-corrected chi connectivity index (χ1v) is 8.44. The van der Waals surface area contributed by atoms with Gasteiger partial charge in [-0.25, -0.2) is 4.98 Å². The minimum Gasteiger partial charge on any atom is -0.316 e. The van der Waals surface area contributed by atoms with Gasteiger partial charge in [-0.1, -0.05) is 6.08 Å². The Hall–Kier alpha value is -2.58. The van der Waals surface area contributed by atoms with E-state index in [1.54, 1.807) is 12.1 Å². The van der Waals surface area contributed by atoms with Gasteiger partial charge < -0.3 is 15.6 Å². The van der Waals surface area contributed by atoms with Crippen LogP contribution in [0.1, 0.15) is 25.0 Å². The fourth-order valence-electron chi connectivity index (χ4n) is 3.05. The molecule has 0 aromatic carbocycles. The molecule has 0 spiro atoms. The zero-order valence-electron chi connectivity index (χ0n) is 13.9. The molecule has 8 nitrogen and oxygen atoms in total. The Morgan fingerprint density at radius 3 is 2.44 bits per heavy atom. The molecule has 0 radical (unpaired) electrons. The topological polar surface area (TPSA) is 113 Å². The Kier molecular flexibility index (Phi) is 5.52. The Morgan fingerprint density at radius 2 is 1.88 bits per heavy atom. The van der Waals surface area contributed by atoms with Crippen LogP contribution in [0.15, 0.2) is 29.2 Å². The highest BCUT2D eigenvalue weighted by Gasteiger charge is 2.25. The summed E-state index contributed by atoms with van der Waals surface area (Å²) in [7, 11) is 0. The third-order valence-electron chi connectivity index (χ3n) is 4.25. The summed E-state index contributed by atoms with van der Waals surface area (Å²) in [6, 6.07) is 3.14. The van der Waals surface area contributed by atoms with E-state index < -0.39 is 4.92 Å². The van der Waals surface area contributed by atoms with Crippen LogP contribution in [0.25, 0.3) is 16.5 Å². The third kappa shape index (κ3) is 3.92. The maximum absolute atomic E-state index is 12.0. The molecular weight excluding hydrogens is 322 g/mol. The van der Waals surface area contributed by atoms with Gasteiger partial charge in [-0.05, 0) is 37.0 Å². The van der Waals surface area contributed by atoms with Crippen LogP contribution < -0.4 is 16.2 Å². The number of nitrogens with one attached hydrogen (secondary N) is 3. The molecule has 1 aliphatic heterocycles. The Morgan fingerprint density at radius 1 is 1.16 bits per heavy atom. The third-order valence-corrected chi connectivity index (χ3v) is 4.25. The minimum absolute atomic E-state index is 0.108. The van der Waals surface area contributed by atoms with Crippen molar-refractivity contribution in [1.82, 2.24) is 20.6 Å². The van der Waals surface area contributed by atoms with Crippen molar-refractivity contribution in [2.75, 3.05) is 26.2 Å². The van der Waals surface area contributed by atoms with Gasteiger partial charge in [-0.15, -0.1) is 0 Å². The standard InChI is InChI=1S/C13H11N3O3.C4H10N2/c17-13-9-6-3-7-14-11(9)12(16(18)19)10(15-13)8-4-1-2-5-8;1-2-6-4-3-5-1/h3-4,6-7H,1-2,5H2,(H,15,17);5-6H,1-4H2. The van der Waals surface area contributed by atoms with E-state index >= 15 is 0 Å². The molecule has 1 fully saturated rings. The first kappa shape index (κ1) is 17.2. The lowest BCUT2D eigenvalue weighted by molar-refractivity contribution is -0.383. The van der Waals surface area contributed by atoms with E-state index in [0.717, 1.165) is 51.0 Å². The fraction of sp³-hybridized carbons (Fsp3) is 0.412. The number of hydrogen-bond acceptors (Lipinski definition) is 6. The van der Waals surface area contributed by atoms with E-state index in [0.29, 0.717) is 5.69 Å². The molecule has 4 rings (SSSR count). The zero-order chi connectivity index (χ0) is 17.6. The van der Waals surface area contributed by atoms with E-state index in [4.69, 9.17) is 0 Å². The summed E-state index contributed by atoms with van der Waals surface area (Å²) in [6.45, 7) is 4.56. The van der Waals surface area contributed by atoms with Crippen LogP contribution in [0.2, 0.25) is 0 Å². The molecule has 2 aromatic heterocycles. The van der Waals surface area contributed by atoms with Crippen LogP contribution in [-0.4, -0.2) is 41.1 Å². The maximum atomic E-state index is 12.0. The van der Waals surface area contributed by atoms with Crippen molar-refractivity contribution in [3.63, 3.8) is 0 Å². The van der Waals surface area contributed by atoms with Gasteiger partial charge in [0.2, 0.25) is 0 Å². The van der Waals surface area contributed by atoms with Crippen molar-refractivity contribution in [2.45, 2.75) is 19.3 Å². The summed E-state index contributed by atoms with van der Waals surface area (Å²) in [4.78, 5) is 29.5. The Balaban J connectivity index is 0.000000258. The average Bonchev–Trinajstić information content (AvgIpc) is 3.18. The van der Waals surface area contributed by atoms with Gasteiger partial charge in [0.15, 0.2) is 5.52 Å². The maximum Gasteiger partial charge on any atom is 0.319 e. The number of allylic oxidation sites excluding steroid dienone is 2. The lowest BCUT2D eigenvalue weighted by atomic mass is 10.1. The van der Waals surface area contributed by atoms with Crippen LogP contribution in [0.4, 0.5) is 5.69 Å². The van der Waals surface area contributed by atoms with Crippen molar-refractivity contribution in [3.8, 4) is 0 Å². The van der Waals surface area contributed by atoms with Crippen molar-refractivity contribution < 1.29 is 4.92 Å². The van der Waals surface area contributed by atoms with Gasteiger partial charge in [0.1, 0.15) is 5.69 Å². The Bertz CT molecular complexity index is 843. The van der Waals surface area contributed by atoms with Crippen LogP contribution in [-0.2, 0) is 0 Å². The van der Waals surface area contributed by atoms with Crippen molar-refractivity contribution >= 4 is 22.2 Å². The van der Waals surface area contributed by atoms with Gasteiger partial charge in [0.25, 0.3) is 5.56 Å². The van der Waals surface area contributed by atoms with Crippen LogP contribution in [0.3, 0.4) is 0 Å². The van der Waals surface area contributed by atoms with Gasteiger partial charge in [-0.2, -0.15) is 0 Å². The summed E-state index contributed by atoms with van der Waals surface area (Å²) in [5.74, 6) is 0. The summed E-state index contributed by atoms with van der Waals surface area (Å²) < 4.78 is 0. The molecule has 0 saturated carbocycles. The number of aromatic nitrogens is 2. The molecule has 3 heterocycles. The summed E-state index contributed by atoms with van der Waals surface area (Å²) in [5, 5.41) is 18.0. The van der Waals surface area contributed by atoms with Crippen molar-refractivity contribution in [1.29, 1.82) is 0 Å². The molecule has 2 aliphatic rings. The van der Waals surface area contributed by atoms with Gasteiger partial charge in [-0.3, -0.25) is 14.9 Å². The largest absolute Gasteiger partial charge is 0.319 e. The van der Waals surface area contributed by atoms with Crippen molar-refractivity contribution in [2.24, 2.45) is 0 Å². The van der Waals surface area contributed by atoms with E-state index in [-0.39, 0.29) is 22.1 Å². The van der Waals surface area contributed by atoms with Crippen molar-refractivity contribution in [3.05, 3.63) is 50.6 Å². The quantitative estimate of drug-likeness (QED) is 0.564. The number of nitrogens with zero attached hydrogens (tertiary/aromatic N) is 2. The summed E-state index contributed by atoms with van der Waals surface area (Å²) in [5.41, 5.74) is 0.842. The summed E-state index contributed by atoms with van der Waals surface area (Å²) >= 11 is 0. The predicted molar refractivity (Wildman–Crippen MR) is 96.6 cm³/mol. The lowest BCUT2D eigenvalue weighted by Gasteiger charge is -2.11. The number of nitro groups is 1. The SMILES string of the molecule is C1CNCCN1.O=c1[nH]c(C2=CCCC2)c([N+](=O)[O-])c2ncccc12. The predicted octanol–water partition coefficient (Wildman–Crippen LogP) is 1.58. The zero-order valence-corrected chi connectivity index (χ0v) is 13.9. The molecule has 1 aliphatic carbocycles. The minimum atomic E-state index is -0.472. The molecule has 2 aromatic rings. The van der Waals surface area contributed by atoms with E-state index in [1.165, 1.54) is 6.20 Å². The van der Waals surface area contributed by atoms with Gasteiger partial charge >= 0.3 is 5.69 Å². The first-order chi connectivity index (χ1) is 12.2. The highest BCUT2D eigenvalue weighted by molar-refractivity contribution is 5.91. The number of aromatic amines is 1. The molecule has 3 N–H and O–H groups in total. The molecule has 1 saturated heterocycles. The number of pyridine rings is 2. The van der Waals surface area contributed by atoms with E-state index in [1.807, 2.05) is 6.08 Å². The molecule has 0 unspecified atom stereocenters. The monoisotopic (exact) mass is 343 g/mol. The highest BCUT2D eigenvalue weighted by atomic mass is 16.6. The molecule has 132 valence electrons. The van der Waals surface area contributed by atoms with E-state index in [9.17, 15) is 14.9 Å². The number of hydrogen-bond donors (Lipinski definition) is 3. The molecular formula is C17H21N5O3. The number of fused-ring (bicyclic) bond motifs is 1. The van der Waals surface area contributed by atoms with Crippen LogP contribution in [0, 0.1) is 10.1 Å². The Labute approximate surface area is 144 Å². The van der Waals surface area contributed by atoms with Crippen LogP contribution in [0.5, 0.6) is 0 Å². The highest BCUT2D eigenvalue weighted by Crippen LogP contribution is 2.34. The normalized spacial score (nSPS) is 16.9. The number of piperazine rings is 1. The molecule has 25 heavy (non-hydrogen) atoms. The number of H-pyrrole nitrogens is 1. The molecule has 0 bridgehead atoms. The second-order valence-electron chi connectivity index (χ2n) is 5.96.